The maximum atomic E-state index is 12.4. The highest BCUT2D eigenvalue weighted by atomic mass is 32.2. The summed E-state index contributed by atoms with van der Waals surface area (Å²) in [5, 5.41) is 10.8. The summed E-state index contributed by atoms with van der Waals surface area (Å²) in [6.45, 7) is 0. The molecular weight excluding hydrogens is 310 g/mol. The van der Waals surface area contributed by atoms with E-state index in [9.17, 15) is 18.5 Å². The Morgan fingerprint density at radius 3 is 2.55 bits per heavy atom. The van der Waals surface area contributed by atoms with Crippen LogP contribution in [-0.4, -0.2) is 20.5 Å². The summed E-state index contributed by atoms with van der Waals surface area (Å²) < 4.78 is 32.0. The van der Waals surface area contributed by atoms with Gasteiger partial charge in [-0.05, 0) is 24.3 Å². The van der Waals surface area contributed by atoms with Gasteiger partial charge in [0.25, 0.3) is 15.7 Å². The maximum absolute atomic E-state index is 12.4. The molecule has 0 saturated heterocycles. The summed E-state index contributed by atoms with van der Waals surface area (Å²) in [6, 6.07) is 9.71. The molecule has 0 aromatic heterocycles. The lowest BCUT2D eigenvalue weighted by Gasteiger charge is -2.11. The summed E-state index contributed by atoms with van der Waals surface area (Å²) in [7, 11) is -2.60. The molecule has 3 N–H and O–H groups in total. The highest BCUT2D eigenvalue weighted by molar-refractivity contribution is 7.92. The number of hydrogen-bond donors (Lipinski definition) is 2. The van der Waals surface area contributed by atoms with E-state index in [1.807, 2.05) is 0 Å². The van der Waals surface area contributed by atoms with Crippen LogP contribution in [-0.2, 0) is 10.0 Å². The van der Waals surface area contributed by atoms with E-state index in [0.717, 1.165) is 6.07 Å². The number of sulfonamides is 1. The van der Waals surface area contributed by atoms with Gasteiger partial charge >= 0.3 is 0 Å². The number of nitro benzene ring substituents is 1. The van der Waals surface area contributed by atoms with E-state index < -0.39 is 14.9 Å². The summed E-state index contributed by atoms with van der Waals surface area (Å²) in [5.41, 5.74) is 5.08. The minimum atomic E-state index is -3.95. The predicted octanol–water partition coefficient (Wildman–Crippen LogP) is 1.99. The molecule has 0 aliphatic carbocycles. The molecule has 2 rings (SSSR count). The number of nitrogen functional groups attached to an aromatic ring is 1. The van der Waals surface area contributed by atoms with E-state index in [2.05, 4.69) is 4.72 Å². The van der Waals surface area contributed by atoms with Crippen LogP contribution in [0.15, 0.2) is 47.4 Å². The first-order valence-electron chi connectivity index (χ1n) is 6.05. The van der Waals surface area contributed by atoms with Crippen molar-refractivity contribution in [2.75, 3.05) is 17.6 Å². The Kier molecular flexibility index (Phi) is 4.18. The van der Waals surface area contributed by atoms with Gasteiger partial charge in [-0.3, -0.25) is 14.8 Å². The Balaban J connectivity index is 2.41. The Hall–Kier alpha value is -2.81. The van der Waals surface area contributed by atoms with Crippen LogP contribution in [0.5, 0.6) is 5.75 Å². The Morgan fingerprint density at radius 2 is 1.91 bits per heavy atom. The first-order valence-corrected chi connectivity index (χ1v) is 7.53. The lowest BCUT2D eigenvalue weighted by atomic mass is 10.2. The van der Waals surface area contributed by atoms with Crippen LogP contribution in [0.2, 0.25) is 0 Å². The van der Waals surface area contributed by atoms with Crippen LogP contribution >= 0.6 is 0 Å². The van der Waals surface area contributed by atoms with Crippen LogP contribution < -0.4 is 15.2 Å². The number of nitro groups is 1. The van der Waals surface area contributed by atoms with Crippen molar-refractivity contribution in [2.24, 2.45) is 0 Å². The number of nitrogens with zero attached hydrogens (tertiary/aromatic N) is 1. The number of nitrogens with two attached hydrogens (primary N) is 1. The molecule has 0 saturated carbocycles. The first-order chi connectivity index (χ1) is 10.3. The van der Waals surface area contributed by atoms with Gasteiger partial charge in [-0.25, -0.2) is 8.42 Å². The fourth-order valence-corrected chi connectivity index (χ4v) is 3.04. The minimum Gasteiger partial charge on any atom is -0.495 e. The van der Waals surface area contributed by atoms with E-state index in [1.54, 1.807) is 12.1 Å². The molecule has 2 aromatic rings. The Labute approximate surface area is 126 Å². The molecule has 0 bridgehead atoms. The number of anilines is 2. The summed E-state index contributed by atoms with van der Waals surface area (Å²) >= 11 is 0. The van der Waals surface area contributed by atoms with Crippen molar-refractivity contribution < 1.29 is 18.1 Å². The summed E-state index contributed by atoms with van der Waals surface area (Å²) in [4.78, 5) is 10.1. The summed E-state index contributed by atoms with van der Waals surface area (Å²) in [5.74, 6) is 0.167. The average Bonchev–Trinajstić information content (AvgIpc) is 2.48. The van der Waals surface area contributed by atoms with Gasteiger partial charge in [0.05, 0.1) is 17.7 Å². The SMILES string of the molecule is COc1ccccc1S(=O)(=O)Nc1ccc(N)c([N+](=O)[O-])c1. The van der Waals surface area contributed by atoms with E-state index in [0.29, 0.717) is 0 Å². The van der Waals surface area contributed by atoms with Gasteiger partial charge in [-0.2, -0.15) is 0 Å². The molecule has 0 heterocycles. The van der Waals surface area contributed by atoms with Crippen molar-refractivity contribution in [2.45, 2.75) is 4.90 Å². The second-order valence-corrected chi connectivity index (χ2v) is 5.94. The van der Waals surface area contributed by atoms with Crippen LogP contribution in [0.25, 0.3) is 0 Å². The number of benzene rings is 2. The summed E-state index contributed by atoms with van der Waals surface area (Å²) in [6.07, 6.45) is 0. The quantitative estimate of drug-likeness (QED) is 0.492. The van der Waals surface area contributed by atoms with Crippen molar-refractivity contribution in [1.82, 2.24) is 0 Å². The third-order valence-electron chi connectivity index (χ3n) is 2.84. The van der Waals surface area contributed by atoms with Crippen LogP contribution in [0.4, 0.5) is 17.1 Å². The predicted molar refractivity (Wildman–Crippen MR) is 81.3 cm³/mol. The van der Waals surface area contributed by atoms with Crippen molar-refractivity contribution >= 4 is 27.1 Å². The van der Waals surface area contributed by atoms with Gasteiger partial charge in [0.1, 0.15) is 16.3 Å². The smallest absolute Gasteiger partial charge is 0.294 e. The molecule has 116 valence electrons. The zero-order valence-electron chi connectivity index (χ0n) is 11.5. The Morgan fingerprint density at radius 1 is 1.23 bits per heavy atom. The molecule has 0 amide bonds. The molecule has 0 unspecified atom stereocenters. The van der Waals surface area contributed by atoms with Gasteiger partial charge in [-0.15, -0.1) is 0 Å². The van der Waals surface area contributed by atoms with E-state index in [4.69, 9.17) is 10.5 Å². The van der Waals surface area contributed by atoms with E-state index in [-0.39, 0.29) is 27.7 Å². The minimum absolute atomic E-state index is 0.0341. The normalized spacial score (nSPS) is 11.0. The lowest BCUT2D eigenvalue weighted by Crippen LogP contribution is -2.14. The number of hydrogen-bond acceptors (Lipinski definition) is 6. The highest BCUT2D eigenvalue weighted by Gasteiger charge is 2.20. The molecule has 0 fully saturated rings. The van der Waals surface area contributed by atoms with Crippen molar-refractivity contribution in [3.05, 3.63) is 52.6 Å². The van der Waals surface area contributed by atoms with Gasteiger partial charge in [0, 0.05) is 6.07 Å². The second-order valence-electron chi connectivity index (χ2n) is 4.29. The lowest BCUT2D eigenvalue weighted by molar-refractivity contribution is -0.383. The zero-order valence-corrected chi connectivity index (χ0v) is 12.3. The number of nitrogens with one attached hydrogen (secondary N) is 1. The van der Waals surface area contributed by atoms with E-state index in [1.165, 1.54) is 31.4 Å². The van der Waals surface area contributed by atoms with Crippen molar-refractivity contribution in [3.63, 3.8) is 0 Å². The molecule has 22 heavy (non-hydrogen) atoms. The molecule has 0 aliphatic heterocycles. The average molecular weight is 323 g/mol. The molecule has 8 nitrogen and oxygen atoms in total. The maximum Gasteiger partial charge on any atom is 0.294 e. The van der Waals surface area contributed by atoms with Crippen LogP contribution in [0.1, 0.15) is 0 Å². The molecule has 0 spiro atoms. The van der Waals surface area contributed by atoms with Gasteiger partial charge in [-0.1, -0.05) is 12.1 Å². The second kappa shape index (κ2) is 5.90. The van der Waals surface area contributed by atoms with Gasteiger partial charge in [0.2, 0.25) is 0 Å². The molecule has 0 atom stereocenters. The molecular formula is C13H13N3O5S. The highest BCUT2D eigenvalue weighted by Crippen LogP contribution is 2.29. The fourth-order valence-electron chi connectivity index (χ4n) is 1.82. The molecule has 2 aromatic carbocycles. The third-order valence-corrected chi connectivity index (χ3v) is 4.26. The van der Waals surface area contributed by atoms with Crippen molar-refractivity contribution in [3.8, 4) is 5.75 Å². The van der Waals surface area contributed by atoms with E-state index >= 15 is 0 Å². The first kappa shape index (κ1) is 15.6. The molecule has 0 radical (unpaired) electrons. The fraction of sp³-hybridized carbons (Fsp3) is 0.0769. The number of methoxy groups -OCH3 is 1. The number of para-hydroxylation sites is 1. The number of ether oxygens (including phenoxy) is 1. The zero-order chi connectivity index (χ0) is 16.3. The van der Waals surface area contributed by atoms with Gasteiger partial charge in [0.15, 0.2) is 0 Å². The number of rotatable bonds is 5. The van der Waals surface area contributed by atoms with Gasteiger partial charge < -0.3 is 10.5 Å². The standard InChI is InChI=1S/C13H13N3O5S/c1-21-12-4-2-3-5-13(12)22(19,20)15-9-6-7-10(14)11(8-9)16(17)18/h2-8,15H,14H2,1H3. The van der Waals surface area contributed by atoms with Crippen LogP contribution in [0, 0.1) is 10.1 Å². The van der Waals surface area contributed by atoms with Crippen LogP contribution in [0.3, 0.4) is 0 Å². The largest absolute Gasteiger partial charge is 0.495 e. The third kappa shape index (κ3) is 3.09. The topological polar surface area (TPSA) is 125 Å². The molecule has 0 aliphatic rings. The monoisotopic (exact) mass is 323 g/mol. The Bertz CT molecular complexity index is 820. The molecule has 9 heteroatoms. The van der Waals surface area contributed by atoms with Crippen molar-refractivity contribution in [1.29, 1.82) is 0 Å².